The van der Waals surface area contributed by atoms with Crippen LogP contribution < -0.4 is 10.6 Å². The molecule has 0 saturated carbocycles. The van der Waals surface area contributed by atoms with E-state index in [-0.39, 0.29) is 18.2 Å². The smallest absolute Gasteiger partial charge is 0.315 e. The first-order valence-corrected chi connectivity index (χ1v) is 7.06. The van der Waals surface area contributed by atoms with Gasteiger partial charge in [-0.05, 0) is 24.8 Å². The molecule has 0 unspecified atom stereocenters. The van der Waals surface area contributed by atoms with Crippen molar-refractivity contribution in [1.29, 1.82) is 0 Å². The third-order valence-electron chi connectivity index (χ3n) is 3.39. The molecule has 0 aromatic heterocycles. The van der Waals surface area contributed by atoms with Crippen molar-refractivity contribution in [2.75, 3.05) is 19.8 Å². The molecular formula is C15H21FN2O2. The van der Waals surface area contributed by atoms with Gasteiger partial charge < -0.3 is 15.4 Å². The Morgan fingerprint density at radius 1 is 1.35 bits per heavy atom. The summed E-state index contributed by atoms with van der Waals surface area (Å²) in [7, 11) is 0. The number of carbonyl (C=O) groups is 1. The zero-order valence-corrected chi connectivity index (χ0v) is 11.5. The minimum Gasteiger partial charge on any atom is -0.373 e. The number of ether oxygens (including phenoxy) is 1. The van der Waals surface area contributed by atoms with Gasteiger partial charge in [-0.2, -0.15) is 0 Å². The Bertz CT molecular complexity index is 414. The van der Waals surface area contributed by atoms with Crippen molar-refractivity contribution in [2.24, 2.45) is 0 Å². The Hall–Kier alpha value is -1.62. The standard InChI is InChI=1S/C15H21FN2O2/c16-8-4-9-17-15(19)18-13-7-10-20-14(11-13)12-5-2-1-3-6-12/h1-3,5-6,13-14H,4,7-11H2,(H2,17,18,19)/t13-,14+/m0/s1. The van der Waals surface area contributed by atoms with Gasteiger partial charge in [0, 0.05) is 19.2 Å². The monoisotopic (exact) mass is 280 g/mol. The Balaban J connectivity index is 1.80. The number of halogens is 1. The molecule has 2 N–H and O–H groups in total. The van der Waals surface area contributed by atoms with E-state index in [1.807, 2.05) is 30.3 Å². The highest BCUT2D eigenvalue weighted by Gasteiger charge is 2.24. The summed E-state index contributed by atoms with van der Waals surface area (Å²) in [4.78, 5) is 11.6. The maximum absolute atomic E-state index is 12.0. The van der Waals surface area contributed by atoms with Crippen LogP contribution >= 0.6 is 0 Å². The van der Waals surface area contributed by atoms with E-state index in [4.69, 9.17) is 4.74 Å². The lowest BCUT2D eigenvalue weighted by molar-refractivity contribution is 0.00227. The van der Waals surface area contributed by atoms with Gasteiger partial charge in [0.15, 0.2) is 0 Å². The summed E-state index contributed by atoms with van der Waals surface area (Å²) in [5, 5.41) is 5.58. The number of hydrogen-bond acceptors (Lipinski definition) is 2. The van der Waals surface area contributed by atoms with E-state index in [1.165, 1.54) is 0 Å². The Labute approximate surface area is 118 Å². The molecule has 4 nitrogen and oxygen atoms in total. The van der Waals surface area contributed by atoms with Crippen molar-refractivity contribution in [2.45, 2.75) is 31.4 Å². The van der Waals surface area contributed by atoms with Crippen molar-refractivity contribution < 1.29 is 13.9 Å². The van der Waals surface area contributed by atoms with Crippen molar-refractivity contribution in [3.8, 4) is 0 Å². The average molecular weight is 280 g/mol. The number of urea groups is 1. The van der Waals surface area contributed by atoms with E-state index in [0.717, 1.165) is 18.4 Å². The van der Waals surface area contributed by atoms with Crippen LogP contribution in [-0.4, -0.2) is 31.9 Å². The van der Waals surface area contributed by atoms with Gasteiger partial charge in [-0.1, -0.05) is 30.3 Å². The molecule has 0 spiro atoms. The molecule has 2 amide bonds. The van der Waals surface area contributed by atoms with E-state index in [1.54, 1.807) is 0 Å². The van der Waals surface area contributed by atoms with Gasteiger partial charge in [0.2, 0.25) is 0 Å². The van der Waals surface area contributed by atoms with Gasteiger partial charge in [0.25, 0.3) is 0 Å². The molecule has 110 valence electrons. The van der Waals surface area contributed by atoms with Gasteiger partial charge in [0.05, 0.1) is 12.8 Å². The fourth-order valence-corrected chi connectivity index (χ4v) is 2.33. The summed E-state index contributed by atoms with van der Waals surface area (Å²) < 4.78 is 17.7. The highest BCUT2D eigenvalue weighted by Crippen LogP contribution is 2.27. The predicted molar refractivity (Wildman–Crippen MR) is 75.3 cm³/mol. The molecule has 0 bridgehead atoms. The highest BCUT2D eigenvalue weighted by molar-refractivity contribution is 5.74. The summed E-state index contributed by atoms with van der Waals surface area (Å²) in [5.41, 5.74) is 1.14. The molecule has 1 aliphatic heterocycles. The van der Waals surface area contributed by atoms with E-state index < -0.39 is 6.67 Å². The third-order valence-corrected chi connectivity index (χ3v) is 3.39. The van der Waals surface area contributed by atoms with Gasteiger partial charge in [0.1, 0.15) is 0 Å². The molecule has 5 heteroatoms. The molecular weight excluding hydrogens is 259 g/mol. The first kappa shape index (κ1) is 14.8. The fraction of sp³-hybridized carbons (Fsp3) is 0.533. The second kappa shape index (κ2) is 7.85. The minimum atomic E-state index is -0.409. The second-order valence-electron chi connectivity index (χ2n) is 4.93. The molecule has 1 fully saturated rings. The van der Waals surface area contributed by atoms with Crippen LogP contribution in [0.2, 0.25) is 0 Å². The van der Waals surface area contributed by atoms with Crippen LogP contribution in [0.3, 0.4) is 0 Å². The lowest BCUT2D eigenvalue weighted by Gasteiger charge is -2.30. The van der Waals surface area contributed by atoms with Gasteiger partial charge in [-0.25, -0.2) is 4.79 Å². The van der Waals surface area contributed by atoms with Gasteiger partial charge in [-0.15, -0.1) is 0 Å². The number of hydrogen-bond donors (Lipinski definition) is 2. The predicted octanol–water partition coefficient (Wildman–Crippen LogP) is 2.57. The summed E-state index contributed by atoms with van der Waals surface area (Å²) in [6, 6.07) is 9.89. The quantitative estimate of drug-likeness (QED) is 0.814. The average Bonchev–Trinajstić information content (AvgIpc) is 2.49. The van der Waals surface area contributed by atoms with Crippen molar-refractivity contribution in [3.05, 3.63) is 35.9 Å². The largest absolute Gasteiger partial charge is 0.373 e. The molecule has 0 aliphatic carbocycles. The molecule has 0 radical (unpaired) electrons. The van der Waals surface area contributed by atoms with E-state index in [2.05, 4.69) is 10.6 Å². The first-order valence-electron chi connectivity index (χ1n) is 7.06. The van der Waals surface area contributed by atoms with E-state index >= 15 is 0 Å². The first-order chi connectivity index (χ1) is 9.79. The van der Waals surface area contributed by atoms with Crippen LogP contribution in [0.1, 0.15) is 30.9 Å². The normalized spacial score (nSPS) is 22.2. The van der Waals surface area contributed by atoms with Crippen LogP contribution in [0.15, 0.2) is 30.3 Å². The van der Waals surface area contributed by atoms with E-state index in [9.17, 15) is 9.18 Å². The number of benzene rings is 1. The van der Waals surface area contributed by atoms with Crippen molar-refractivity contribution >= 4 is 6.03 Å². The van der Waals surface area contributed by atoms with Crippen LogP contribution in [0.4, 0.5) is 9.18 Å². The molecule has 1 aromatic carbocycles. The van der Waals surface area contributed by atoms with Gasteiger partial charge in [-0.3, -0.25) is 4.39 Å². The fourth-order valence-electron chi connectivity index (χ4n) is 2.33. The third kappa shape index (κ3) is 4.49. The maximum Gasteiger partial charge on any atom is 0.315 e. The zero-order valence-electron chi connectivity index (χ0n) is 11.5. The Kier molecular flexibility index (Phi) is 5.80. The summed E-state index contributed by atoms with van der Waals surface area (Å²) >= 11 is 0. The molecule has 2 rings (SSSR count). The Morgan fingerprint density at radius 2 is 2.15 bits per heavy atom. The number of rotatable bonds is 5. The topological polar surface area (TPSA) is 50.4 Å². The number of nitrogens with one attached hydrogen (secondary N) is 2. The zero-order chi connectivity index (χ0) is 14.2. The number of carbonyl (C=O) groups excluding carboxylic acids is 1. The van der Waals surface area contributed by atoms with Crippen LogP contribution in [0, 0.1) is 0 Å². The summed E-state index contributed by atoms with van der Waals surface area (Å²) in [6.45, 7) is 0.594. The van der Waals surface area contributed by atoms with Crippen LogP contribution in [0.5, 0.6) is 0 Å². The van der Waals surface area contributed by atoms with Crippen LogP contribution in [0.25, 0.3) is 0 Å². The Morgan fingerprint density at radius 3 is 2.90 bits per heavy atom. The lowest BCUT2D eigenvalue weighted by atomic mass is 9.97. The van der Waals surface area contributed by atoms with Gasteiger partial charge >= 0.3 is 6.03 Å². The molecule has 1 aromatic rings. The lowest BCUT2D eigenvalue weighted by Crippen LogP contribution is -2.45. The van der Waals surface area contributed by atoms with E-state index in [0.29, 0.717) is 19.6 Å². The molecule has 1 heterocycles. The molecule has 1 aliphatic rings. The molecule has 2 atom stereocenters. The number of alkyl halides is 1. The highest BCUT2D eigenvalue weighted by atomic mass is 19.1. The maximum atomic E-state index is 12.0. The van der Waals surface area contributed by atoms with Crippen molar-refractivity contribution in [3.63, 3.8) is 0 Å². The van der Waals surface area contributed by atoms with Crippen LogP contribution in [-0.2, 0) is 4.74 Å². The number of amides is 2. The van der Waals surface area contributed by atoms with Crippen molar-refractivity contribution in [1.82, 2.24) is 10.6 Å². The minimum absolute atomic E-state index is 0.0288. The summed E-state index contributed by atoms with van der Waals surface area (Å²) in [5.74, 6) is 0. The SMILES string of the molecule is O=C(NCCCF)N[C@H]1CCO[C@@H](c2ccccc2)C1. The second-order valence-corrected chi connectivity index (χ2v) is 4.93. The molecule has 20 heavy (non-hydrogen) atoms. The molecule has 1 saturated heterocycles. The summed E-state index contributed by atoms with van der Waals surface area (Å²) in [6.07, 6.45) is 1.95.